The van der Waals surface area contributed by atoms with Gasteiger partial charge in [-0.1, -0.05) is 17.7 Å². The quantitative estimate of drug-likeness (QED) is 0.425. The van der Waals surface area contributed by atoms with Gasteiger partial charge in [0.25, 0.3) is 0 Å². The molecule has 0 saturated heterocycles. The Labute approximate surface area is 173 Å². The predicted molar refractivity (Wildman–Crippen MR) is 110 cm³/mol. The summed E-state index contributed by atoms with van der Waals surface area (Å²) < 4.78 is 35.3. The normalized spacial score (nSPS) is 11.2. The SMILES string of the molecule is COC(=O)c1ccc(C)cc1C.N/C=C(F)\C=C(/COc1ccc(F)cc1)C(N)=O. The number of ether oxygens (including phenoxy) is 2. The molecule has 0 saturated carbocycles. The lowest BCUT2D eigenvalue weighted by atomic mass is 10.1. The van der Waals surface area contributed by atoms with E-state index in [1.54, 1.807) is 6.07 Å². The standard InChI is InChI=1S/C12H12F2N2O2.C10H12O2/c13-9-1-3-11(4-2-9)18-7-8(12(16)17)5-10(14)6-15;1-7-4-5-9(8(2)6-7)10(11)12-3/h1-6H,7,15H2,(H2,16,17);4-6H,1-3H3/b8-5+,10-6+;. The Morgan fingerprint density at radius 1 is 1.10 bits per heavy atom. The van der Waals surface area contributed by atoms with Crippen molar-refractivity contribution < 1.29 is 27.8 Å². The molecule has 2 aromatic carbocycles. The van der Waals surface area contributed by atoms with E-state index in [9.17, 15) is 18.4 Å². The molecule has 0 unspecified atom stereocenters. The van der Waals surface area contributed by atoms with Crippen molar-refractivity contribution in [1.82, 2.24) is 0 Å². The van der Waals surface area contributed by atoms with Crippen LogP contribution in [-0.4, -0.2) is 25.6 Å². The molecule has 0 aliphatic heterocycles. The molecule has 0 heterocycles. The number of carbonyl (C=O) groups excluding carboxylic acids is 2. The Hall–Kier alpha value is -3.68. The number of nitrogens with two attached hydrogens (primary N) is 2. The Morgan fingerprint density at radius 3 is 2.23 bits per heavy atom. The van der Waals surface area contributed by atoms with Crippen LogP contribution in [0.4, 0.5) is 8.78 Å². The van der Waals surface area contributed by atoms with E-state index in [-0.39, 0.29) is 18.1 Å². The molecule has 0 atom stereocenters. The van der Waals surface area contributed by atoms with Crippen molar-refractivity contribution in [2.45, 2.75) is 13.8 Å². The van der Waals surface area contributed by atoms with Crippen molar-refractivity contribution in [2.75, 3.05) is 13.7 Å². The molecule has 0 bridgehead atoms. The lowest BCUT2D eigenvalue weighted by molar-refractivity contribution is -0.114. The topological polar surface area (TPSA) is 105 Å². The second kappa shape index (κ2) is 12.0. The number of allylic oxidation sites excluding steroid dienone is 2. The van der Waals surface area contributed by atoms with Gasteiger partial charge >= 0.3 is 5.97 Å². The molecule has 0 aromatic heterocycles. The van der Waals surface area contributed by atoms with Gasteiger partial charge in [0.15, 0.2) is 0 Å². The highest BCUT2D eigenvalue weighted by molar-refractivity contribution is 5.92. The Bertz CT molecular complexity index is 939. The Kier molecular flexibility index (Phi) is 9.75. The summed E-state index contributed by atoms with van der Waals surface area (Å²) in [6, 6.07) is 10.8. The molecule has 1 amide bonds. The van der Waals surface area contributed by atoms with Crippen LogP contribution in [0, 0.1) is 19.7 Å². The molecule has 4 N–H and O–H groups in total. The van der Waals surface area contributed by atoms with Crippen LogP contribution in [0.1, 0.15) is 21.5 Å². The van der Waals surface area contributed by atoms with E-state index < -0.39 is 17.6 Å². The maximum absolute atomic E-state index is 12.9. The predicted octanol–water partition coefficient (Wildman–Crippen LogP) is 3.48. The maximum atomic E-state index is 12.9. The van der Waals surface area contributed by atoms with Gasteiger partial charge in [-0.15, -0.1) is 0 Å². The van der Waals surface area contributed by atoms with Crippen LogP contribution in [0.5, 0.6) is 5.75 Å². The van der Waals surface area contributed by atoms with E-state index in [1.807, 2.05) is 26.0 Å². The number of primary amides is 1. The molecule has 6 nitrogen and oxygen atoms in total. The minimum atomic E-state index is -0.825. The minimum absolute atomic E-state index is 0.0847. The van der Waals surface area contributed by atoms with E-state index in [2.05, 4.69) is 4.74 Å². The Morgan fingerprint density at radius 2 is 1.73 bits per heavy atom. The van der Waals surface area contributed by atoms with Crippen molar-refractivity contribution >= 4 is 11.9 Å². The fourth-order valence-corrected chi connectivity index (χ4v) is 2.24. The van der Waals surface area contributed by atoms with Crippen molar-refractivity contribution in [3.63, 3.8) is 0 Å². The number of carbonyl (C=O) groups is 2. The first-order valence-electron chi connectivity index (χ1n) is 8.79. The minimum Gasteiger partial charge on any atom is -0.489 e. The van der Waals surface area contributed by atoms with E-state index in [0.29, 0.717) is 17.5 Å². The lowest BCUT2D eigenvalue weighted by Crippen LogP contribution is -2.19. The van der Waals surface area contributed by atoms with Gasteiger partial charge in [0.05, 0.1) is 18.2 Å². The first-order valence-corrected chi connectivity index (χ1v) is 8.79. The zero-order valence-corrected chi connectivity index (χ0v) is 16.9. The van der Waals surface area contributed by atoms with Crippen LogP contribution in [0.2, 0.25) is 0 Å². The highest BCUT2D eigenvalue weighted by atomic mass is 19.1. The fraction of sp³-hybridized carbons (Fsp3) is 0.182. The number of aryl methyl sites for hydroxylation is 2. The van der Waals surface area contributed by atoms with Gasteiger partial charge in [-0.2, -0.15) is 0 Å². The monoisotopic (exact) mass is 418 g/mol. The molecular weight excluding hydrogens is 394 g/mol. The number of esters is 1. The lowest BCUT2D eigenvalue weighted by Gasteiger charge is -2.07. The van der Waals surface area contributed by atoms with Gasteiger partial charge in [0.1, 0.15) is 24.0 Å². The third-order valence-electron chi connectivity index (χ3n) is 3.78. The van der Waals surface area contributed by atoms with Gasteiger partial charge in [-0.25, -0.2) is 13.6 Å². The third-order valence-corrected chi connectivity index (χ3v) is 3.78. The highest BCUT2D eigenvalue weighted by Gasteiger charge is 2.08. The van der Waals surface area contributed by atoms with Gasteiger partial charge < -0.3 is 20.9 Å². The summed E-state index contributed by atoms with van der Waals surface area (Å²) in [5, 5.41) is 0. The van der Waals surface area contributed by atoms with Crippen LogP contribution < -0.4 is 16.2 Å². The van der Waals surface area contributed by atoms with Crippen LogP contribution in [0.25, 0.3) is 0 Å². The molecule has 2 rings (SSSR count). The summed E-state index contributed by atoms with van der Waals surface area (Å²) >= 11 is 0. The summed E-state index contributed by atoms with van der Waals surface area (Å²) in [5.74, 6) is -1.97. The average Bonchev–Trinajstić information content (AvgIpc) is 2.71. The van der Waals surface area contributed by atoms with Crippen molar-refractivity contribution in [3.8, 4) is 5.75 Å². The van der Waals surface area contributed by atoms with Crippen LogP contribution in [0.15, 0.2) is 66.1 Å². The summed E-state index contributed by atoms with van der Waals surface area (Å²) in [4.78, 5) is 22.1. The van der Waals surface area contributed by atoms with E-state index in [4.69, 9.17) is 16.2 Å². The van der Waals surface area contributed by atoms with Crippen LogP contribution in [-0.2, 0) is 9.53 Å². The number of hydrogen-bond donors (Lipinski definition) is 2. The second-order valence-corrected chi connectivity index (χ2v) is 6.14. The number of methoxy groups -OCH3 is 1. The number of rotatable bonds is 6. The summed E-state index contributed by atoms with van der Waals surface area (Å²) in [6.45, 7) is 3.66. The van der Waals surface area contributed by atoms with Crippen LogP contribution in [0.3, 0.4) is 0 Å². The average molecular weight is 418 g/mol. The number of benzene rings is 2. The summed E-state index contributed by atoms with van der Waals surface area (Å²) in [7, 11) is 1.39. The molecule has 160 valence electrons. The molecular formula is C22H24F2N2O4. The number of hydrogen-bond acceptors (Lipinski definition) is 5. The van der Waals surface area contributed by atoms with E-state index in [1.165, 1.54) is 31.4 Å². The summed E-state index contributed by atoms with van der Waals surface area (Å²) in [5.41, 5.74) is 12.6. The number of halogens is 2. The molecule has 0 aliphatic rings. The Balaban J connectivity index is 0.000000325. The largest absolute Gasteiger partial charge is 0.489 e. The molecule has 30 heavy (non-hydrogen) atoms. The van der Waals surface area contributed by atoms with Gasteiger partial charge in [-0.3, -0.25) is 4.79 Å². The molecule has 0 aliphatic carbocycles. The van der Waals surface area contributed by atoms with Crippen molar-refractivity contribution in [2.24, 2.45) is 11.5 Å². The fourth-order valence-electron chi connectivity index (χ4n) is 2.24. The maximum Gasteiger partial charge on any atom is 0.338 e. The second-order valence-electron chi connectivity index (χ2n) is 6.14. The first-order chi connectivity index (χ1) is 14.2. The van der Waals surface area contributed by atoms with E-state index >= 15 is 0 Å². The molecule has 2 aromatic rings. The van der Waals surface area contributed by atoms with Gasteiger partial charge in [0, 0.05) is 6.20 Å². The molecule has 8 heteroatoms. The molecule has 0 radical (unpaired) electrons. The smallest absolute Gasteiger partial charge is 0.338 e. The third kappa shape index (κ3) is 8.14. The zero-order chi connectivity index (χ0) is 22.7. The summed E-state index contributed by atoms with van der Waals surface area (Å²) in [6.07, 6.45) is 1.58. The molecule has 0 fully saturated rings. The van der Waals surface area contributed by atoms with Crippen LogP contribution >= 0.6 is 0 Å². The van der Waals surface area contributed by atoms with Crippen molar-refractivity contribution in [1.29, 1.82) is 0 Å². The first kappa shape index (κ1) is 24.4. The van der Waals surface area contributed by atoms with Gasteiger partial charge in [0.2, 0.25) is 5.91 Å². The molecule has 0 spiro atoms. The zero-order valence-electron chi connectivity index (χ0n) is 16.9. The van der Waals surface area contributed by atoms with Crippen molar-refractivity contribution in [3.05, 3.63) is 88.6 Å². The van der Waals surface area contributed by atoms with E-state index in [0.717, 1.165) is 17.2 Å². The van der Waals surface area contributed by atoms with Gasteiger partial charge in [-0.05, 0) is 55.8 Å². The number of amides is 1. The highest BCUT2D eigenvalue weighted by Crippen LogP contribution is 2.13.